The van der Waals surface area contributed by atoms with Gasteiger partial charge in [0.1, 0.15) is 5.75 Å². The van der Waals surface area contributed by atoms with Crippen LogP contribution in [0.5, 0.6) is 5.75 Å². The number of hydrogen-bond donors (Lipinski definition) is 2. The maximum Gasteiger partial charge on any atom is 0.119 e. The highest BCUT2D eigenvalue weighted by Gasteiger charge is 2.18. The monoisotopic (exact) mass is 276 g/mol. The van der Waals surface area contributed by atoms with E-state index < -0.39 is 0 Å². The number of hydrogen-bond acceptors (Lipinski definition) is 3. The molecule has 0 spiro atoms. The van der Waals surface area contributed by atoms with Gasteiger partial charge in [-0.05, 0) is 51.1 Å². The summed E-state index contributed by atoms with van der Waals surface area (Å²) in [6, 6.07) is 6.26. The number of H-pyrrole nitrogens is 1. The van der Waals surface area contributed by atoms with E-state index in [0.29, 0.717) is 0 Å². The number of piperidine rings is 1. The third-order valence-corrected chi connectivity index (χ3v) is 5.27. The Labute approximate surface area is 118 Å². The van der Waals surface area contributed by atoms with Crippen LogP contribution in [0, 0.1) is 6.92 Å². The summed E-state index contributed by atoms with van der Waals surface area (Å²) < 4.78 is 5.34. The Kier molecular flexibility index (Phi) is 3.71. The van der Waals surface area contributed by atoms with Crippen LogP contribution in [-0.2, 0) is 0 Å². The predicted molar refractivity (Wildman–Crippen MR) is 81.3 cm³/mol. The van der Waals surface area contributed by atoms with Crippen LogP contribution < -0.4 is 10.1 Å². The van der Waals surface area contributed by atoms with Crippen molar-refractivity contribution in [2.24, 2.45) is 0 Å². The molecule has 19 heavy (non-hydrogen) atoms. The van der Waals surface area contributed by atoms with Gasteiger partial charge >= 0.3 is 0 Å². The van der Waals surface area contributed by atoms with Crippen LogP contribution in [0.25, 0.3) is 10.9 Å². The van der Waals surface area contributed by atoms with Crippen LogP contribution in [0.2, 0.25) is 0 Å². The van der Waals surface area contributed by atoms with E-state index in [4.69, 9.17) is 4.74 Å². The van der Waals surface area contributed by atoms with Gasteiger partial charge < -0.3 is 15.0 Å². The van der Waals surface area contributed by atoms with Crippen molar-refractivity contribution in [1.29, 1.82) is 0 Å². The number of fused-ring (bicyclic) bond motifs is 1. The van der Waals surface area contributed by atoms with E-state index in [9.17, 15) is 0 Å². The van der Waals surface area contributed by atoms with Gasteiger partial charge in [-0.1, -0.05) is 0 Å². The van der Waals surface area contributed by atoms with E-state index in [1.165, 1.54) is 34.3 Å². The highest BCUT2D eigenvalue weighted by atomic mass is 32.2. The second kappa shape index (κ2) is 5.47. The van der Waals surface area contributed by atoms with Crippen molar-refractivity contribution in [3.8, 4) is 5.75 Å². The molecule has 102 valence electrons. The van der Waals surface area contributed by atoms with E-state index in [0.717, 1.165) is 24.1 Å². The van der Waals surface area contributed by atoms with Crippen LogP contribution in [0.3, 0.4) is 0 Å². The van der Waals surface area contributed by atoms with Crippen LogP contribution in [-0.4, -0.2) is 30.4 Å². The lowest BCUT2D eigenvalue weighted by Gasteiger charge is -2.22. The third kappa shape index (κ3) is 2.60. The number of aryl methyl sites for hydroxylation is 1. The van der Waals surface area contributed by atoms with Gasteiger partial charge in [0.2, 0.25) is 0 Å². The topological polar surface area (TPSA) is 37.0 Å². The first kappa shape index (κ1) is 12.9. The molecule has 0 radical (unpaired) electrons. The molecule has 0 unspecified atom stereocenters. The molecule has 1 aromatic carbocycles. The van der Waals surface area contributed by atoms with Crippen LogP contribution in [0.1, 0.15) is 18.5 Å². The molecule has 0 saturated carbocycles. The number of aromatic amines is 1. The molecular weight excluding hydrogens is 256 g/mol. The van der Waals surface area contributed by atoms with Crippen molar-refractivity contribution in [1.82, 2.24) is 10.3 Å². The number of aromatic nitrogens is 1. The lowest BCUT2D eigenvalue weighted by Crippen LogP contribution is -2.29. The van der Waals surface area contributed by atoms with Gasteiger partial charge in [0.25, 0.3) is 0 Å². The van der Waals surface area contributed by atoms with E-state index in [1.54, 1.807) is 7.11 Å². The first-order chi connectivity index (χ1) is 9.28. The summed E-state index contributed by atoms with van der Waals surface area (Å²) >= 11 is 2.02. The number of ether oxygens (including phenoxy) is 1. The van der Waals surface area contributed by atoms with Gasteiger partial charge in [-0.3, -0.25) is 0 Å². The fraction of sp³-hybridized carbons (Fsp3) is 0.467. The summed E-state index contributed by atoms with van der Waals surface area (Å²) in [5.74, 6) is 0.929. The second-order valence-electron chi connectivity index (χ2n) is 5.06. The fourth-order valence-corrected chi connectivity index (χ4v) is 3.97. The minimum atomic E-state index is 0.727. The molecule has 3 rings (SSSR count). The Bertz CT molecular complexity index is 573. The van der Waals surface area contributed by atoms with Crippen LogP contribution in [0.4, 0.5) is 0 Å². The number of methoxy groups -OCH3 is 1. The highest BCUT2D eigenvalue weighted by molar-refractivity contribution is 8.00. The second-order valence-corrected chi connectivity index (χ2v) is 6.37. The fourth-order valence-electron chi connectivity index (χ4n) is 2.64. The number of nitrogens with one attached hydrogen (secondary N) is 2. The molecule has 1 fully saturated rings. The zero-order valence-corrected chi connectivity index (χ0v) is 12.3. The van der Waals surface area contributed by atoms with Gasteiger partial charge in [0.15, 0.2) is 0 Å². The average Bonchev–Trinajstić information content (AvgIpc) is 2.76. The number of benzene rings is 1. The quantitative estimate of drug-likeness (QED) is 0.903. The summed E-state index contributed by atoms with van der Waals surface area (Å²) in [7, 11) is 1.72. The summed E-state index contributed by atoms with van der Waals surface area (Å²) in [5, 5.41) is 5.44. The minimum Gasteiger partial charge on any atom is -0.497 e. The summed E-state index contributed by atoms with van der Waals surface area (Å²) in [4.78, 5) is 4.87. The first-order valence-corrected chi connectivity index (χ1v) is 7.69. The minimum absolute atomic E-state index is 0.727. The standard InChI is InChI=1S/C15H20N2OS/c1-10-15(19-12-5-7-16-8-6-12)13-9-11(18-2)3-4-14(13)17-10/h3-4,9,12,16-17H,5-8H2,1-2H3. The first-order valence-electron chi connectivity index (χ1n) is 6.81. The van der Waals surface area contributed by atoms with E-state index in [2.05, 4.69) is 29.4 Å². The lowest BCUT2D eigenvalue weighted by atomic mass is 10.2. The molecule has 2 heterocycles. The molecule has 1 aliphatic rings. The maximum absolute atomic E-state index is 5.34. The highest BCUT2D eigenvalue weighted by Crippen LogP contribution is 2.37. The molecule has 4 heteroatoms. The Morgan fingerprint density at radius 1 is 1.26 bits per heavy atom. The van der Waals surface area contributed by atoms with Crippen LogP contribution >= 0.6 is 11.8 Å². The number of rotatable bonds is 3. The van der Waals surface area contributed by atoms with Gasteiger partial charge in [-0.25, -0.2) is 0 Å². The average molecular weight is 276 g/mol. The molecule has 3 nitrogen and oxygen atoms in total. The molecule has 0 bridgehead atoms. The molecule has 2 N–H and O–H groups in total. The predicted octanol–water partition coefficient (Wildman–Crippen LogP) is 3.33. The van der Waals surface area contributed by atoms with E-state index in [1.807, 2.05) is 17.8 Å². The maximum atomic E-state index is 5.34. The van der Waals surface area contributed by atoms with Crippen molar-refractivity contribution in [2.75, 3.05) is 20.2 Å². The van der Waals surface area contributed by atoms with Crippen molar-refractivity contribution >= 4 is 22.7 Å². The Morgan fingerprint density at radius 2 is 2.05 bits per heavy atom. The SMILES string of the molecule is COc1ccc2[nH]c(C)c(SC3CCNCC3)c2c1. The molecule has 0 amide bonds. The summed E-state index contributed by atoms with van der Waals surface area (Å²) in [6.07, 6.45) is 2.50. The molecule has 1 aliphatic heterocycles. The zero-order valence-electron chi connectivity index (χ0n) is 11.5. The number of thioether (sulfide) groups is 1. The van der Waals surface area contributed by atoms with Gasteiger partial charge in [-0.15, -0.1) is 11.8 Å². The molecule has 1 saturated heterocycles. The van der Waals surface area contributed by atoms with Crippen molar-refractivity contribution < 1.29 is 4.74 Å². The Morgan fingerprint density at radius 3 is 2.79 bits per heavy atom. The van der Waals surface area contributed by atoms with E-state index >= 15 is 0 Å². The van der Waals surface area contributed by atoms with E-state index in [-0.39, 0.29) is 0 Å². The zero-order chi connectivity index (χ0) is 13.2. The molecule has 0 atom stereocenters. The Balaban J connectivity index is 1.94. The largest absolute Gasteiger partial charge is 0.497 e. The third-order valence-electron chi connectivity index (χ3n) is 3.70. The molecular formula is C15H20N2OS. The van der Waals surface area contributed by atoms with Gasteiger partial charge in [0, 0.05) is 26.7 Å². The normalized spacial score (nSPS) is 16.9. The summed E-state index contributed by atoms with van der Waals surface area (Å²) in [5.41, 5.74) is 2.47. The molecule has 0 aliphatic carbocycles. The van der Waals surface area contributed by atoms with Gasteiger partial charge in [0.05, 0.1) is 7.11 Å². The smallest absolute Gasteiger partial charge is 0.119 e. The van der Waals surface area contributed by atoms with Crippen molar-refractivity contribution in [3.63, 3.8) is 0 Å². The summed E-state index contributed by atoms with van der Waals surface area (Å²) in [6.45, 7) is 4.45. The molecule has 2 aromatic rings. The Hall–Kier alpha value is -1.13. The van der Waals surface area contributed by atoms with Crippen molar-refractivity contribution in [3.05, 3.63) is 23.9 Å². The molecule has 1 aromatic heterocycles. The van der Waals surface area contributed by atoms with Crippen LogP contribution in [0.15, 0.2) is 23.1 Å². The van der Waals surface area contributed by atoms with Crippen molar-refractivity contribution in [2.45, 2.75) is 29.9 Å². The lowest BCUT2D eigenvalue weighted by molar-refractivity contribution is 0.415. The van der Waals surface area contributed by atoms with Gasteiger partial charge in [-0.2, -0.15) is 0 Å².